The zero-order valence-electron chi connectivity index (χ0n) is 11.6. The molecule has 0 fully saturated rings. The molecule has 3 aromatic rings. The Morgan fingerprint density at radius 1 is 1.09 bits per heavy atom. The van der Waals surface area contributed by atoms with Crippen LogP contribution in [0, 0.1) is 0 Å². The maximum absolute atomic E-state index is 12.9. The summed E-state index contributed by atoms with van der Waals surface area (Å²) in [5.74, 6) is 0. The number of hydrogen-bond acceptors (Lipinski definition) is 3. The van der Waals surface area contributed by atoms with Crippen molar-refractivity contribution in [2.24, 2.45) is 0 Å². The van der Waals surface area contributed by atoms with Crippen molar-refractivity contribution < 1.29 is 13.2 Å². The van der Waals surface area contributed by atoms with Crippen molar-refractivity contribution in [1.29, 1.82) is 0 Å². The molecule has 118 valence electrons. The summed E-state index contributed by atoms with van der Waals surface area (Å²) >= 11 is 7.18. The molecule has 1 aromatic heterocycles. The van der Waals surface area contributed by atoms with Gasteiger partial charge in [0.05, 0.1) is 11.3 Å². The monoisotopic (exact) mass is 354 g/mol. The SMILES string of the molecule is Nc1ccc(C(F)(F)F)cc1-c1nc(-c2cccc(Cl)c2)cs1. The number of rotatable bonds is 2. The average Bonchev–Trinajstić information content (AvgIpc) is 2.96. The standard InChI is InChI=1S/C16H10ClF3N2S/c17-11-3-1-2-9(6-11)14-8-23-15(22-14)12-7-10(16(18,19)20)4-5-13(12)21/h1-8H,21H2. The van der Waals surface area contributed by atoms with Crippen molar-refractivity contribution in [2.45, 2.75) is 6.18 Å². The summed E-state index contributed by atoms with van der Waals surface area (Å²) in [6.07, 6.45) is -4.42. The lowest BCUT2D eigenvalue weighted by molar-refractivity contribution is -0.137. The first kappa shape index (κ1) is 15.8. The lowest BCUT2D eigenvalue weighted by atomic mass is 10.1. The Bertz CT molecular complexity index is 859. The molecule has 0 unspecified atom stereocenters. The molecule has 7 heteroatoms. The lowest BCUT2D eigenvalue weighted by Crippen LogP contribution is -2.05. The highest BCUT2D eigenvalue weighted by molar-refractivity contribution is 7.13. The second-order valence-corrected chi connectivity index (χ2v) is 6.14. The molecule has 0 radical (unpaired) electrons. The van der Waals surface area contributed by atoms with Crippen LogP contribution in [0.4, 0.5) is 18.9 Å². The van der Waals surface area contributed by atoms with Gasteiger partial charge in [-0.2, -0.15) is 13.2 Å². The van der Waals surface area contributed by atoms with Crippen LogP contribution in [-0.4, -0.2) is 4.98 Å². The second-order valence-electron chi connectivity index (χ2n) is 4.85. The number of nitrogen functional groups attached to an aromatic ring is 1. The molecule has 3 rings (SSSR count). The normalized spacial score (nSPS) is 11.7. The highest BCUT2D eigenvalue weighted by Crippen LogP contribution is 2.37. The minimum absolute atomic E-state index is 0.255. The zero-order chi connectivity index (χ0) is 16.6. The Kier molecular flexibility index (Phi) is 4.04. The molecule has 0 bridgehead atoms. The van der Waals surface area contributed by atoms with Crippen LogP contribution in [0.1, 0.15) is 5.56 Å². The van der Waals surface area contributed by atoms with Crippen molar-refractivity contribution in [3.05, 3.63) is 58.4 Å². The first-order valence-electron chi connectivity index (χ1n) is 6.53. The van der Waals surface area contributed by atoms with Crippen LogP contribution in [0.3, 0.4) is 0 Å². The molecular weight excluding hydrogens is 345 g/mol. The van der Waals surface area contributed by atoms with Crippen LogP contribution in [-0.2, 0) is 6.18 Å². The van der Waals surface area contributed by atoms with Crippen LogP contribution < -0.4 is 5.73 Å². The van der Waals surface area contributed by atoms with Gasteiger partial charge in [0.25, 0.3) is 0 Å². The maximum atomic E-state index is 12.9. The molecular formula is C16H10ClF3N2S. The Morgan fingerprint density at radius 3 is 2.57 bits per heavy atom. The van der Waals surface area contributed by atoms with Gasteiger partial charge in [-0.25, -0.2) is 4.98 Å². The van der Waals surface area contributed by atoms with Gasteiger partial charge in [0, 0.05) is 27.2 Å². The fraction of sp³-hybridized carbons (Fsp3) is 0.0625. The molecule has 2 aromatic carbocycles. The van der Waals surface area contributed by atoms with E-state index in [1.54, 1.807) is 23.6 Å². The van der Waals surface area contributed by atoms with E-state index in [2.05, 4.69) is 4.98 Å². The Hall–Kier alpha value is -2.05. The Morgan fingerprint density at radius 2 is 1.87 bits per heavy atom. The molecule has 2 nitrogen and oxygen atoms in total. The number of aromatic nitrogens is 1. The molecule has 2 N–H and O–H groups in total. The van der Waals surface area contributed by atoms with Crippen LogP contribution >= 0.6 is 22.9 Å². The van der Waals surface area contributed by atoms with E-state index in [1.165, 1.54) is 17.4 Å². The summed E-state index contributed by atoms with van der Waals surface area (Å²) < 4.78 is 38.6. The smallest absolute Gasteiger partial charge is 0.398 e. The number of halogens is 4. The van der Waals surface area contributed by atoms with Crippen molar-refractivity contribution >= 4 is 28.6 Å². The van der Waals surface area contributed by atoms with Gasteiger partial charge < -0.3 is 5.73 Å². The van der Waals surface area contributed by atoms with E-state index in [0.717, 1.165) is 17.7 Å². The summed E-state index contributed by atoms with van der Waals surface area (Å²) in [5.41, 5.74) is 7.04. The van der Waals surface area contributed by atoms with Gasteiger partial charge in [-0.05, 0) is 30.3 Å². The van der Waals surface area contributed by atoms with E-state index in [0.29, 0.717) is 15.7 Å². The van der Waals surface area contributed by atoms with Crippen LogP contribution in [0.5, 0.6) is 0 Å². The van der Waals surface area contributed by atoms with E-state index in [1.807, 2.05) is 6.07 Å². The number of nitrogens with zero attached hydrogens (tertiary/aromatic N) is 1. The van der Waals surface area contributed by atoms with E-state index < -0.39 is 11.7 Å². The largest absolute Gasteiger partial charge is 0.416 e. The van der Waals surface area contributed by atoms with Gasteiger partial charge >= 0.3 is 6.18 Å². The predicted molar refractivity (Wildman–Crippen MR) is 87.4 cm³/mol. The van der Waals surface area contributed by atoms with Crippen molar-refractivity contribution in [3.63, 3.8) is 0 Å². The Labute approximate surface area is 139 Å². The van der Waals surface area contributed by atoms with Crippen molar-refractivity contribution in [3.8, 4) is 21.8 Å². The molecule has 0 atom stereocenters. The summed E-state index contributed by atoms with van der Waals surface area (Å²) in [6.45, 7) is 0. The van der Waals surface area contributed by atoms with E-state index in [4.69, 9.17) is 17.3 Å². The van der Waals surface area contributed by atoms with Crippen molar-refractivity contribution in [2.75, 3.05) is 5.73 Å². The Balaban J connectivity index is 2.04. The quantitative estimate of drug-likeness (QED) is 0.597. The topological polar surface area (TPSA) is 38.9 Å². The number of hydrogen-bond donors (Lipinski definition) is 1. The highest BCUT2D eigenvalue weighted by Gasteiger charge is 2.31. The van der Waals surface area contributed by atoms with Gasteiger partial charge in [0.2, 0.25) is 0 Å². The van der Waals surface area contributed by atoms with Gasteiger partial charge in [0.1, 0.15) is 5.01 Å². The van der Waals surface area contributed by atoms with Gasteiger partial charge in [-0.1, -0.05) is 23.7 Å². The third kappa shape index (κ3) is 3.33. The summed E-state index contributed by atoms with van der Waals surface area (Å²) in [5, 5.41) is 2.76. The minimum atomic E-state index is -4.42. The zero-order valence-corrected chi connectivity index (χ0v) is 13.1. The number of anilines is 1. The highest BCUT2D eigenvalue weighted by atomic mass is 35.5. The molecule has 0 amide bonds. The van der Waals surface area contributed by atoms with E-state index in [-0.39, 0.29) is 11.3 Å². The van der Waals surface area contributed by atoms with Gasteiger partial charge in [-0.15, -0.1) is 11.3 Å². The number of thiazole rings is 1. The van der Waals surface area contributed by atoms with Gasteiger partial charge in [0.15, 0.2) is 0 Å². The molecule has 0 aliphatic heterocycles. The van der Waals surface area contributed by atoms with E-state index in [9.17, 15) is 13.2 Å². The number of nitrogens with two attached hydrogens (primary N) is 1. The maximum Gasteiger partial charge on any atom is 0.416 e. The predicted octanol–water partition coefficient (Wildman–Crippen LogP) is 5.73. The average molecular weight is 355 g/mol. The summed E-state index contributed by atoms with van der Waals surface area (Å²) in [7, 11) is 0. The first-order chi connectivity index (χ1) is 10.8. The molecule has 1 heterocycles. The van der Waals surface area contributed by atoms with Crippen LogP contribution in [0.25, 0.3) is 21.8 Å². The summed E-state index contributed by atoms with van der Waals surface area (Å²) in [4.78, 5) is 4.39. The number of benzene rings is 2. The first-order valence-corrected chi connectivity index (χ1v) is 7.79. The molecule has 0 spiro atoms. The number of alkyl halides is 3. The molecule has 0 saturated heterocycles. The van der Waals surface area contributed by atoms with Gasteiger partial charge in [-0.3, -0.25) is 0 Å². The fourth-order valence-electron chi connectivity index (χ4n) is 2.10. The van der Waals surface area contributed by atoms with Crippen molar-refractivity contribution in [1.82, 2.24) is 4.98 Å². The van der Waals surface area contributed by atoms with Crippen LogP contribution in [0.15, 0.2) is 47.8 Å². The third-order valence-corrected chi connectivity index (χ3v) is 4.35. The van der Waals surface area contributed by atoms with Crippen LogP contribution in [0.2, 0.25) is 5.02 Å². The molecule has 0 saturated carbocycles. The second kappa shape index (κ2) is 5.86. The molecule has 23 heavy (non-hydrogen) atoms. The molecule has 0 aliphatic rings. The lowest BCUT2D eigenvalue weighted by Gasteiger charge is -2.09. The third-order valence-electron chi connectivity index (χ3n) is 3.24. The fourth-order valence-corrected chi connectivity index (χ4v) is 3.15. The van der Waals surface area contributed by atoms with E-state index >= 15 is 0 Å². The minimum Gasteiger partial charge on any atom is -0.398 e. The molecule has 0 aliphatic carbocycles. The summed E-state index contributed by atoms with van der Waals surface area (Å²) in [6, 6.07) is 10.3.